The van der Waals surface area contributed by atoms with Crippen LogP contribution in [0.5, 0.6) is 0 Å². The van der Waals surface area contributed by atoms with Gasteiger partial charge in [0.05, 0.1) is 6.61 Å². The molecule has 0 aliphatic heterocycles. The van der Waals surface area contributed by atoms with Crippen LogP contribution in [0.25, 0.3) is 0 Å². The number of carbonyl (C=O) groups is 4. The lowest BCUT2D eigenvalue weighted by atomic mass is 9.44. The first kappa shape index (κ1) is 27.9. The molecule has 4 aliphatic rings. The standard InChI is InChI=1S/C30H46O5S/c1-19(8-11-27(34)35-14-6-5-7-15-36-4)22-9-10-23-28-24(18-26(33)30(22,23)3)29(2)13-12-21(31)16-20(29)17-25(28)32/h19-20,22-24,28H,5-18H2,1-4H3/t19-,20?,22-,23+,24+,28+,29+,30-/m1/s1. The van der Waals surface area contributed by atoms with E-state index >= 15 is 0 Å². The third-order valence-electron chi connectivity index (χ3n) is 11.0. The van der Waals surface area contributed by atoms with Gasteiger partial charge in [-0.15, -0.1) is 0 Å². The van der Waals surface area contributed by atoms with Crippen molar-refractivity contribution in [2.75, 3.05) is 18.6 Å². The highest BCUT2D eigenvalue weighted by molar-refractivity contribution is 7.98. The third-order valence-corrected chi connectivity index (χ3v) is 11.7. The fourth-order valence-electron chi connectivity index (χ4n) is 8.72. The molecule has 0 aromatic rings. The Hall–Kier alpha value is -1.17. The van der Waals surface area contributed by atoms with Crippen LogP contribution in [0.1, 0.15) is 97.8 Å². The first-order valence-corrected chi connectivity index (χ1v) is 15.7. The Morgan fingerprint density at radius 3 is 2.58 bits per heavy atom. The Morgan fingerprint density at radius 2 is 1.83 bits per heavy atom. The summed E-state index contributed by atoms with van der Waals surface area (Å²) in [6, 6.07) is 0. The molecule has 4 rings (SSSR count). The summed E-state index contributed by atoms with van der Waals surface area (Å²) in [4.78, 5) is 51.9. The van der Waals surface area contributed by atoms with Gasteiger partial charge < -0.3 is 4.74 Å². The van der Waals surface area contributed by atoms with Crippen LogP contribution in [-0.2, 0) is 23.9 Å². The van der Waals surface area contributed by atoms with Gasteiger partial charge >= 0.3 is 5.97 Å². The average Bonchev–Trinajstić information content (AvgIpc) is 3.20. The van der Waals surface area contributed by atoms with Crippen molar-refractivity contribution < 1.29 is 23.9 Å². The van der Waals surface area contributed by atoms with Crippen LogP contribution in [0.3, 0.4) is 0 Å². The molecule has 8 atom stereocenters. The van der Waals surface area contributed by atoms with Crippen LogP contribution in [0.4, 0.5) is 0 Å². The Balaban J connectivity index is 1.37. The van der Waals surface area contributed by atoms with Crippen molar-refractivity contribution >= 4 is 35.1 Å². The Labute approximate surface area is 221 Å². The van der Waals surface area contributed by atoms with E-state index in [1.807, 2.05) is 11.8 Å². The lowest BCUT2D eigenvalue weighted by molar-refractivity contribution is -0.166. The number of hydrogen-bond acceptors (Lipinski definition) is 6. The van der Waals surface area contributed by atoms with Crippen LogP contribution < -0.4 is 0 Å². The summed E-state index contributed by atoms with van der Waals surface area (Å²) in [7, 11) is 0. The minimum atomic E-state index is -0.481. The Morgan fingerprint density at radius 1 is 1.06 bits per heavy atom. The van der Waals surface area contributed by atoms with E-state index in [-0.39, 0.29) is 52.7 Å². The molecular formula is C30H46O5S. The van der Waals surface area contributed by atoms with E-state index in [1.54, 1.807) is 0 Å². The summed E-state index contributed by atoms with van der Waals surface area (Å²) in [6.45, 7) is 7.07. The van der Waals surface area contributed by atoms with Crippen LogP contribution in [0, 0.1) is 46.3 Å². The van der Waals surface area contributed by atoms with Crippen LogP contribution in [0.2, 0.25) is 0 Å². The lowest BCUT2D eigenvalue weighted by Gasteiger charge is -2.58. The van der Waals surface area contributed by atoms with Crippen LogP contribution in [0.15, 0.2) is 0 Å². The molecule has 0 radical (unpaired) electrons. The van der Waals surface area contributed by atoms with Gasteiger partial charge in [0.1, 0.15) is 17.3 Å². The molecule has 202 valence electrons. The van der Waals surface area contributed by atoms with Crippen molar-refractivity contribution in [3.63, 3.8) is 0 Å². The largest absolute Gasteiger partial charge is 0.466 e. The summed E-state index contributed by atoms with van der Waals surface area (Å²) in [5.41, 5.74) is -0.558. The molecule has 6 heteroatoms. The molecular weight excluding hydrogens is 472 g/mol. The zero-order valence-corrected chi connectivity index (χ0v) is 23.6. The fraction of sp³-hybridized carbons (Fsp3) is 0.867. The van der Waals surface area contributed by atoms with Crippen molar-refractivity contribution in [3.05, 3.63) is 0 Å². The maximum atomic E-state index is 13.9. The molecule has 4 saturated carbocycles. The van der Waals surface area contributed by atoms with Gasteiger partial charge in [0.25, 0.3) is 0 Å². The molecule has 0 saturated heterocycles. The second-order valence-electron chi connectivity index (χ2n) is 12.7. The molecule has 4 aliphatic carbocycles. The van der Waals surface area contributed by atoms with E-state index in [0.29, 0.717) is 50.3 Å². The van der Waals surface area contributed by atoms with Crippen molar-refractivity contribution in [2.24, 2.45) is 46.3 Å². The zero-order valence-electron chi connectivity index (χ0n) is 22.8. The number of esters is 1. The van der Waals surface area contributed by atoms with Crippen molar-refractivity contribution in [3.8, 4) is 0 Å². The van der Waals surface area contributed by atoms with Crippen LogP contribution in [-0.4, -0.2) is 41.9 Å². The molecule has 0 N–H and O–H groups in total. The van der Waals surface area contributed by atoms with Gasteiger partial charge in [0, 0.05) is 43.4 Å². The second kappa shape index (κ2) is 11.3. The number of rotatable bonds is 10. The number of ether oxygens (including phenoxy) is 1. The second-order valence-corrected chi connectivity index (χ2v) is 13.7. The topological polar surface area (TPSA) is 77.5 Å². The number of Topliss-reactive ketones (excluding diaryl/α,β-unsaturated/α-hetero) is 3. The first-order chi connectivity index (χ1) is 17.1. The summed E-state index contributed by atoms with van der Waals surface area (Å²) in [6.07, 6.45) is 11.2. The van der Waals surface area contributed by atoms with Crippen LogP contribution >= 0.6 is 11.8 Å². The van der Waals surface area contributed by atoms with E-state index in [0.717, 1.165) is 50.7 Å². The zero-order chi connectivity index (χ0) is 26.1. The molecule has 0 heterocycles. The molecule has 4 fully saturated rings. The first-order valence-electron chi connectivity index (χ1n) is 14.3. The molecule has 0 spiro atoms. The Bertz CT molecular complexity index is 869. The molecule has 0 aromatic carbocycles. The third kappa shape index (κ3) is 5.09. The van der Waals surface area contributed by atoms with Crippen molar-refractivity contribution in [1.82, 2.24) is 0 Å². The van der Waals surface area contributed by atoms with Gasteiger partial charge in [-0.05, 0) is 92.0 Å². The van der Waals surface area contributed by atoms with E-state index in [1.165, 1.54) is 0 Å². The van der Waals surface area contributed by atoms with Gasteiger partial charge in [-0.1, -0.05) is 20.8 Å². The quantitative estimate of drug-likeness (QED) is 0.258. The minimum absolute atomic E-state index is 0.0459. The molecule has 0 amide bonds. The predicted octanol–water partition coefficient (Wildman–Crippen LogP) is 6.07. The van der Waals surface area contributed by atoms with Gasteiger partial charge in [0.2, 0.25) is 0 Å². The van der Waals surface area contributed by atoms with Gasteiger partial charge in [-0.3, -0.25) is 19.2 Å². The summed E-state index contributed by atoms with van der Waals surface area (Å²) in [5, 5.41) is 0. The fourth-order valence-corrected chi connectivity index (χ4v) is 9.21. The number of hydrogen-bond donors (Lipinski definition) is 0. The highest BCUT2D eigenvalue weighted by Crippen LogP contribution is 2.66. The highest BCUT2D eigenvalue weighted by atomic mass is 32.2. The maximum Gasteiger partial charge on any atom is 0.305 e. The smallest absolute Gasteiger partial charge is 0.305 e. The van der Waals surface area contributed by atoms with E-state index < -0.39 is 5.41 Å². The maximum absolute atomic E-state index is 13.9. The van der Waals surface area contributed by atoms with Crippen molar-refractivity contribution in [2.45, 2.75) is 97.8 Å². The van der Waals surface area contributed by atoms with Gasteiger partial charge in [-0.25, -0.2) is 0 Å². The number of unbranched alkanes of at least 4 members (excludes halogenated alkanes) is 2. The normalized spacial score (nSPS) is 38.8. The molecule has 5 nitrogen and oxygen atoms in total. The molecule has 1 unspecified atom stereocenters. The summed E-state index contributed by atoms with van der Waals surface area (Å²) in [5.74, 6) is 2.62. The van der Waals surface area contributed by atoms with E-state index in [2.05, 4.69) is 27.0 Å². The number of thioether (sulfide) groups is 1. The number of ketones is 3. The predicted molar refractivity (Wildman–Crippen MR) is 143 cm³/mol. The molecule has 0 bridgehead atoms. The van der Waals surface area contributed by atoms with Gasteiger partial charge in [-0.2, -0.15) is 11.8 Å². The number of fused-ring (bicyclic) bond motifs is 5. The van der Waals surface area contributed by atoms with E-state index in [9.17, 15) is 19.2 Å². The SMILES string of the molecule is CSCCCCCOC(=O)CC[C@@H](C)[C@H]1CC[C@H]2[C@@H]3C(=O)CC4CC(=O)CC[C@]4(C)[C@H]3CC(=O)[C@]12C. The minimum Gasteiger partial charge on any atom is -0.466 e. The summed E-state index contributed by atoms with van der Waals surface area (Å²) < 4.78 is 5.46. The average molecular weight is 519 g/mol. The monoisotopic (exact) mass is 518 g/mol. The van der Waals surface area contributed by atoms with Gasteiger partial charge in [0.15, 0.2) is 0 Å². The lowest BCUT2D eigenvalue weighted by Crippen LogP contribution is -2.60. The highest BCUT2D eigenvalue weighted by Gasteiger charge is 2.66. The summed E-state index contributed by atoms with van der Waals surface area (Å²) >= 11 is 1.85. The number of carbonyl (C=O) groups excluding carboxylic acids is 4. The molecule has 36 heavy (non-hydrogen) atoms. The van der Waals surface area contributed by atoms with Crippen molar-refractivity contribution in [1.29, 1.82) is 0 Å². The van der Waals surface area contributed by atoms with E-state index in [4.69, 9.17) is 4.74 Å². The Kier molecular flexibility index (Phi) is 8.74. The molecule has 0 aromatic heterocycles.